The number of hydrogen-bond donors (Lipinski definition) is 1. The first kappa shape index (κ1) is 21.3. The average Bonchev–Trinajstić information content (AvgIpc) is 3.25. The lowest BCUT2D eigenvalue weighted by atomic mass is 9.86. The topological polar surface area (TPSA) is 70.5 Å². The lowest BCUT2D eigenvalue weighted by Gasteiger charge is -2.42. The van der Waals surface area contributed by atoms with E-state index in [0.29, 0.717) is 32.5 Å². The third kappa shape index (κ3) is 4.28. The minimum atomic E-state index is -0.736. The maximum Gasteiger partial charge on any atom is 0.251 e. The number of halogens is 2. The molecule has 3 heterocycles. The zero-order valence-corrected chi connectivity index (χ0v) is 16.9. The van der Waals surface area contributed by atoms with Crippen LogP contribution < -0.4 is 5.32 Å². The summed E-state index contributed by atoms with van der Waals surface area (Å²) in [6.45, 7) is 2.78. The molecule has 2 aliphatic heterocycles. The zero-order valence-electron chi connectivity index (χ0n) is 16.1. The molecule has 1 N–H and O–H groups in total. The molecule has 1 aromatic carbocycles. The van der Waals surface area contributed by atoms with Gasteiger partial charge >= 0.3 is 0 Å². The Morgan fingerprint density at radius 2 is 2.00 bits per heavy atom. The van der Waals surface area contributed by atoms with E-state index in [2.05, 4.69) is 10.4 Å². The molecule has 2 aliphatic rings. The van der Waals surface area contributed by atoms with E-state index in [1.165, 1.54) is 12.1 Å². The Labute approximate surface area is 175 Å². The van der Waals surface area contributed by atoms with Crippen LogP contribution in [0.25, 0.3) is 0 Å². The number of aromatic nitrogens is 2. The normalized spacial score (nSPS) is 19.0. The first-order valence-corrected chi connectivity index (χ1v) is 9.61. The Bertz CT molecular complexity index is 854. The van der Waals surface area contributed by atoms with E-state index in [9.17, 15) is 14.0 Å². The van der Waals surface area contributed by atoms with Crippen LogP contribution in [0.4, 0.5) is 4.39 Å². The van der Waals surface area contributed by atoms with Crippen LogP contribution in [0, 0.1) is 5.82 Å². The molecular weight excluding hydrogens is 397 g/mol. The Morgan fingerprint density at radius 1 is 1.21 bits per heavy atom. The largest absolute Gasteiger partial charge is 0.335 e. The molecular formula is C20H25ClFN5O2. The van der Waals surface area contributed by atoms with Crippen LogP contribution in [0.3, 0.4) is 0 Å². The van der Waals surface area contributed by atoms with Crippen molar-refractivity contribution in [3.8, 4) is 0 Å². The maximum absolute atomic E-state index is 13.4. The molecule has 2 fully saturated rings. The summed E-state index contributed by atoms with van der Waals surface area (Å²) in [6, 6.07) is 8.08. The first-order chi connectivity index (χ1) is 13.6. The molecule has 0 bridgehead atoms. The molecule has 2 aromatic rings. The van der Waals surface area contributed by atoms with E-state index in [-0.39, 0.29) is 36.6 Å². The summed E-state index contributed by atoms with van der Waals surface area (Å²) in [6.07, 6.45) is 4.79. The minimum Gasteiger partial charge on any atom is -0.335 e. The number of nitrogens with zero attached hydrogens (tertiary/aromatic N) is 4. The van der Waals surface area contributed by atoms with E-state index in [1.54, 1.807) is 32.8 Å². The van der Waals surface area contributed by atoms with Crippen LogP contribution in [0.1, 0.15) is 18.4 Å². The summed E-state index contributed by atoms with van der Waals surface area (Å²) in [5.41, 5.74) is 0.0132. The number of carbonyl (C=O) groups is 2. The number of benzene rings is 1. The lowest BCUT2D eigenvalue weighted by molar-refractivity contribution is -0.152. The number of hydrogen-bond acceptors (Lipinski definition) is 4. The molecule has 0 radical (unpaired) electrons. The van der Waals surface area contributed by atoms with E-state index < -0.39 is 5.54 Å². The second-order valence-electron chi connectivity index (χ2n) is 7.40. The van der Waals surface area contributed by atoms with E-state index in [1.807, 2.05) is 12.3 Å². The molecule has 0 atom stereocenters. The number of piperazine rings is 1. The SMILES string of the molecule is Cl.O=C1CN(C(=O)C2(n3cccn3)CCNCC2)CCN1Cc1cccc(F)c1. The molecule has 2 amide bonds. The smallest absolute Gasteiger partial charge is 0.251 e. The third-order valence-corrected chi connectivity index (χ3v) is 5.64. The van der Waals surface area contributed by atoms with Crippen LogP contribution in [0.5, 0.6) is 0 Å². The molecule has 7 nitrogen and oxygen atoms in total. The van der Waals surface area contributed by atoms with Gasteiger partial charge in [-0.25, -0.2) is 4.39 Å². The Balaban J connectivity index is 0.00000240. The van der Waals surface area contributed by atoms with E-state index >= 15 is 0 Å². The molecule has 0 saturated carbocycles. The van der Waals surface area contributed by atoms with Gasteiger partial charge in [0.2, 0.25) is 5.91 Å². The highest BCUT2D eigenvalue weighted by Gasteiger charge is 2.45. The fourth-order valence-corrected chi connectivity index (χ4v) is 4.10. The molecule has 0 unspecified atom stereocenters. The Kier molecular flexibility index (Phi) is 6.54. The fourth-order valence-electron chi connectivity index (χ4n) is 4.10. The summed E-state index contributed by atoms with van der Waals surface area (Å²) in [7, 11) is 0. The van der Waals surface area contributed by atoms with E-state index in [0.717, 1.165) is 18.7 Å². The van der Waals surface area contributed by atoms with Crippen LogP contribution in [0.15, 0.2) is 42.7 Å². The molecule has 156 valence electrons. The minimum absolute atomic E-state index is 0. The summed E-state index contributed by atoms with van der Waals surface area (Å²) in [5.74, 6) is -0.476. The van der Waals surface area contributed by atoms with Gasteiger partial charge in [0.15, 0.2) is 0 Å². The quantitative estimate of drug-likeness (QED) is 0.810. The molecule has 9 heteroatoms. The van der Waals surface area contributed by atoms with Crippen LogP contribution in [-0.4, -0.2) is 64.1 Å². The van der Waals surface area contributed by atoms with E-state index in [4.69, 9.17) is 0 Å². The van der Waals surface area contributed by atoms with Crippen LogP contribution >= 0.6 is 12.4 Å². The summed E-state index contributed by atoms with van der Waals surface area (Å²) in [5, 5.41) is 7.63. The Hall–Kier alpha value is -2.45. The molecule has 29 heavy (non-hydrogen) atoms. The number of amides is 2. The standard InChI is InChI=1S/C20H24FN5O2.ClH/c21-17-4-1-3-16(13-17)14-24-11-12-25(15-18(24)27)19(28)20(5-8-22-9-6-20)26-10-2-7-23-26;/h1-4,7,10,13,22H,5-6,8-9,11-12,14-15H2;1H. The number of piperidine rings is 1. The predicted molar refractivity (Wildman–Crippen MR) is 108 cm³/mol. The highest BCUT2D eigenvalue weighted by molar-refractivity contribution is 5.90. The van der Waals surface area contributed by atoms with Gasteiger partial charge < -0.3 is 15.1 Å². The Morgan fingerprint density at radius 3 is 2.66 bits per heavy atom. The molecule has 0 spiro atoms. The van der Waals surface area contributed by atoms with Gasteiger partial charge in [0, 0.05) is 32.0 Å². The van der Waals surface area contributed by atoms with Crippen LogP contribution in [0.2, 0.25) is 0 Å². The second kappa shape index (κ2) is 8.92. The van der Waals surface area contributed by atoms with Crippen molar-refractivity contribution in [2.24, 2.45) is 0 Å². The molecule has 4 rings (SSSR count). The van der Waals surface area contributed by atoms with Crippen LogP contribution in [-0.2, 0) is 21.7 Å². The maximum atomic E-state index is 13.4. The molecule has 1 aromatic heterocycles. The van der Waals surface area contributed by atoms with Gasteiger partial charge in [-0.2, -0.15) is 5.10 Å². The summed E-state index contributed by atoms with van der Waals surface area (Å²) >= 11 is 0. The average molecular weight is 422 g/mol. The monoisotopic (exact) mass is 421 g/mol. The van der Waals surface area contributed by atoms with Crippen molar-refractivity contribution in [2.75, 3.05) is 32.7 Å². The fraction of sp³-hybridized carbons (Fsp3) is 0.450. The van der Waals surface area contributed by atoms with Crippen molar-refractivity contribution in [1.29, 1.82) is 0 Å². The number of rotatable bonds is 4. The van der Waals surface area contributed by atoms with Gasteiger partial charge in [0.05, 0.1) is 6.54 Å². The van der Waals surface area contributed by atoms with Crippen molar-refractivity contribution in [1.82, 2.24) is 24.9 Å². The summed E-state index contributed by atoms with van der Waals surface area (Å²) in [4.78, 5) is 29.5. The lowest BCUT2D eigenvalue weighted by Crippen LogP contribution is -2.60. The van der Waals surface area contributed by atoms with Gasteiger partial charge in [-0.05, 0) is 49.7 Å². The van der Waals surface area contributed by atoms with Gasteiger partial charge in [-0.15, -0.1) is 12.4 Å². The highest BCUT2D eigenvalue weighted by Crippen LogP contribution is 2.30. The number of nitrogens with one attached hydrogen (secondary N) is 1. The number of carbonyl (C=O) groups excluding carboxylic acids is 2. The van der Waals surface area contributed by atoms with Crippen molar-refractivity contribution in [2.45, 2.75) is 24.9 Å². The van der Waals surface area contributed by atoms with Crippen molar-refractivity contribution >= 4 is 24.2 Å². The van der Waals surface area contributed by atoms with Crippen molar-refractivity contribution in [3.63, 3.8) is 0 Å². The van der Waals surface area contributed by atoms with Crippen molar-refractivity contribution in [3.05, 3.63) is 54.1 Å². The highest BCUT2D eigenvalue weighted by atomic mass is 35.5. The van der Waals surface area contributed by atoms with Crippen molar-refractivity contribution < 1.29 is 14.0 Å². The summed E-state index contributed by atoms with van der Waals surface area (Å²) < 4.78 is 15.1. The third-order valence-electron chi connectivity index (χ3n) is 5.64. The first-order valence-electron chi connectivity index (χ1n) is 9.61. The molecule has 0 aliphatic carbocycles. The van der Waals surface area contributed by atoms with Gasteiger partial charge in [-0.3, -0.25) is 14.3 Å². The van der Waals surface area contributed by atoms with Gasteiger partial charge in [0.1, 0.15) is 11.4 Å². The predicted octanol–water partition coefficient (Wildman–Crippen LogP) is 1.39. The van der Waals surface area contributed by atoms with Gasteiger partial charge in [-0.1, -0.05) is 12.1 Å². The molecule has 2 saturated heterocycles. The zero-order chi connectivity index (χ0) is 19.6. The second-order valence-corrected chi connectivity index (χ2v) is 7.40. The van der Waals surface area contributed by atoms with Gasteiger partial charge in [0.25, 0.3) is 5.91 Å².